The molecule has 7 nitrogen and oxygen atoms in total. The number of carbonyl (C=O) groups is 3. The van der Waals surface area contributed by atoms with Gasteiger partial charge in [-0.25, -0.2) is 9.69 Å². The van der Waals surface area contributed by atoms with Crippen LogP contribution < -0.4 is 15.0 Å². The van der Waals surface area contributed by atoms with Crippen molar-refractivity contribution in [2.75, 3.05) is 4.90 Å². The minimum Gasteiger partial charge on any atom is -0.508 e. The first-order chi connectivity index (χ1) is 16.2. The third-order valence-electron chi connectivity index (χ3n) is 4.88. The minimum atomic E-state index is -0.905. The number of nitrogens with one attached hydrogen (secondary N) is 1. The van der Waals surface area contributed by atoms with Gasteiger partial charge >= 0.3 is 6.03 Å². The van der Waals surface area contributed by atoms with Gasteiger partial charge in [-0.15, -0.1) is 0 Å². The summed E-state index contributed by atoms with van der Waals surface area (Å²) >= 11 is 18.3. The molecule has 34 heavy (non-hydrogen) atoms. The third kappa shape index (κ3) is 5.02. The molecule has 3 aromatic rings. The number of phenols is 1. The molecular formula is C24H15Cl3N2O5. The van der Waals surface area contributed by atoms with Crippen LogP contribution in [0.1, 0.15) is 11.1 Å². The molecule has 2 N–H and O–H groups in total. The van der Waals surface area contributed by atoms with Crippen molar-refractivity contribution in [2.24, 2.45) is 0 Å². The second-order valence-corrected chi connectivity index (χ2v) is 8.46. The average Bonchev–Trinajstić information content (AvgIpc) is 2.78. The number of hydrogen-bond acceptors (Lipinski definition) is 5. The van der Waals surface area contributed by atoms with Crippen LogP contribution in [0.5, 0.6) is 11.5 Å². The highest BCUT2D eigenvalue weighted by molar-refractivity contribution is 6.39. The smallest absolute Gasteiger partial charge is 0.335 e. The van der Waals surface area contributed by atoms with E-state index in [-0.39, 0.29) is 23.6 Å². The van der Waals surface area contributed by atoms with E-state index in [4.69, 9.17) is 39.5 Å². The number of ether oxygens (including phenoxy) is 1. The summed E-state index contributed by atoms with van der Waals surface area (Å²) in [4.78, 5) is 38.8. The van der Waals surface area contributed by atoms with E-state index in [1.54, 1.807) is 30.3 Å². The number of urea groups is 1. The fraction of sp³-hybridized carbons (Fsp3) is 0.0417. The standard InChI is InChI=1S/C24H15Cl3N2O5/c25-15-3-8-21(34-12-13-1-2-16(26)11-20(13)27)14(9-15)10-19-22(31)28-24(33)29(23(19)32)17-4-6-18(30)7-5-17/h1-11,30H,12H2,(H,28,31,33)/b19-10+. The molecule has 10 heteroatoms. The normalized spacial score (nSPS) is 15.0. The zero-order chi connectivity index (χ0) is 24.4. The first kappa shape index (κ1) is 23.6. The first-order valence-electron chi connectivity index (χ1n) is 9.79. The fourth-order valence-corrected chi connectivity index (χ4v) is 3.85. The number of imide groups is 2. The maximum Gasteiger partial charge on any atom is 0.335 e. The molecule has 0 saturated carbocycles. The number of nitrogens with zero attached hydrogens (tertiary/aromatic N) is 1. The monoisotopic (exact) mass is 516 g/mol. The van der Waals surface area contributed by atoms with Crippen molar-refractivity contribution >= 4 is 64.4 Å². The molecule has 0 atom stereocenters. The SMILES string of the molecule is O=C1NC(=O)N(c2ccc(O)cc2)C(=O)/C1=C/c1cc(Cl)ccc1OCc1ccc(Cl)cc1Cl. The van der Waals surface area contributed by atoms with E-state index in [0.29, 0.717) is 31.9 Å². The average molecular weight is 518 g/mol. The molecule has 0 bridgehead atoms. The van der Waals surface area contributed by atoms with Crippen molar-refractivity contribution < 1.29 is 24.2 Å². The Bertz CT molecular complexity index is 1340. The van der Waals surface area contributed by atoms with E-state index in [1.807, 2.05) is 0 Å². The molecule has 4 amide bonds. The van der Waals surface area contributed by atoms with Gasteiger partial charge in [0.1, 0.15) is 23.7 Å². The zero-order valence-corrected chi connectivity index (χ0v) is 19.5. The van der Waals surface area contributed by atoms with E-state index >= 15 is 0 Å². The van der Waals surface area contributed by atoms with Crippen LogP contribution in [0.25, 0.3) is 6.08 Å². The molecule has 1 fully saturated rings. The lowest BCUT2D eigenvalue weighted by Crippen LogP contribution is -2.54. The van der Waals surface area contributed by atoms with Crippen molar-refractivity contribution in [3.8, 4) is 11.5 Å². The van der Waals surface area contributed by atoms with Gasteiger partial charge in [-0.05, 0) is 60.7 Å². The van der Waals surface area contributed by atoms with Gasteiger partial charge in [0, 0.05) is 26.2 Å². The molecule has 1 saturated heterocycles. The van der Waals surface area contributed by atoms with Crippen LogP contribution in [0.4, 0.5) is 10.5 Å². The van der Waals surface area contributed by atoms with Crippen LogP contribution in [0.15, 0.2) is 66.2 Å². The number of carbonyl (C=O) groups excluding carboxylic acids is 3. The van der Waals surface area contributed by atoms with Gasteiger partial charge in [0.15, 0.2) is 0 Å². The largest absolute Gasteiger partial charge is 0.508 e. The Balaban J connectivity index is 1.67. The van der Waals surface area contributed by atoms with E-state index in [9.17, 15) is 19.5 Å². The summed E-state index contributed by atoms with van der Waals surface area (Å²) in [6.45, 7) is 0.0894. The molecule has 1 heterocycles. The molecule has 3 aromatic carbocycles. The van der Waals surface area contributed by atoms with Gasteiger partial charge in [-0.1, -0.05) is 40.9 Å². The van der Waals surface area contributed by atoms with Crippen LogP contribution in [0, 0.1) is 0 Å². The Hall–Kier alpha value is -3.52. The zero-order valence-electron chi connectivity index (χ0n) is 17.2. The predicted molar refractivity (Wildman–Crippen MR) is 129 cm³/mol. The Kier molecular flexibility index (Phi) is 6.79. The van der Waals surface area contributed by atoms with Gasteiger partial charge in [0.05, 0.1) is 5.69 Å². The number of aromatic hydroxyl groups is 1. The van der Waals surface area contributed by atoms with Crippen LogP contribution in [-0.4, -0.2) is 23.0 Å². The maximum absolute atomic E-state index is 13.1. The predicted octanol–water partition coefficient (Wildman–Crippen LogP) is 5.60. The van der Waals surface area contributed by atoms with Crippen LogP contribution in [0.2, 0.25) is 15.1 Å². The number of rotatable bonds is 5. The van der Waals surface area contributed by atoms with E-state index < -0.39 is 17.8 Å². The van der Waals surface area contributed by atoms with Gasteiger partial charge in [-0.3, -0.25) is 14.9 Å². The molecule has 0 unspecified atom stereocenters. The van der Waals surface area contributed by atoms with Gasteiger partial charge in [-0.2, -0.15) is 0 Å². The Morgan fingerprint density at radius 3 is 2.29 bits per heavy atom. The molecule has 0 radical (unpaired) electrons. The fourth-order valence-electron chi connectivity index (χ4n) is 3.21. The van der Waals surface area contributed by atoms with E-state index in [0.717, 1.165) is 4.90 Å². The molecule has 4 rings (SSSR count). The Morgan fingerprint density at radius 2 is 1.59 bits per heavy atom. The van der Waals surface area contributed by atoms with E-state index in [2.05, 4.69) is 5.32 Å². The topological polar surface area (TPSA) is 95.9 Å². The van der Waals surface area contributed by atoms with Gasteiger partial charge in [0.2, 0.25) is 0 Å². The van der Waals surface area contributed by atoms with Crippen molar-refractivity contribution in [1.82, 2.24) is 5.32 Å². The van der Waals surface area contributed by atoms with Crippen molar-refractivity contribution in [2.45, 2.75) is 6.61 Å². The summed E-state index contributed by atoms with van der Waals surface area (Å²) in [7, 11) is 0. The summed E-state index contributed by atoms with van der Waals surface area (Å²) in [5, 5.41) is 12.9. The molecule has 0 aliphatic carbocycles. The van der Waals surface area contributed by atoms with E-state index in [1.165, 1.54) is 36.4 Å². The molecule has 0 aromatic heterocycles. The number of barbiturate groups is 1. The van der Waals surface area contributed by atoms with Gasteiger partial charge in [0.25, 0.3) is 11.8 Å². The quantitative estimate of drug-likeness (QED) is 0.339. The Labute approximate surface area is 209 Å². The maximum atomic E-state index is 13.1. The highest BCUT2D eigenvalue weighted by atomic mass is 35.5. The highest BCUT2D eigenvalue weighted by Gasteiger charge is 2.37. The van der Waals surface area contributed by atoms with Crippen LogP contribution >= 0.6 is 34.8 Å². The molecule has 1 aliphatic heterocycles. The molecular weight excluding hydrogens is 503 g/mol. The second kappa shape index (κ2) is 9.77. The van der Waals surface area contributed by atoms with Crippen molar-refractivity contribution in [3.63, 3.8) is 0 Å². The minimum absolute atomic E-state index is 0.0398. The lowest BCUT2D eigenvalue weighted by atomic mass is 10.1. The first-order valence-corrected chi connectivity index (χ1v) is 10.9. The second-order valence-electron chi connectivity index (χ2n) is 7.18. The lowest BCUT2D eigenvalue weighted by Gasteiger charge is -2.26. The Morgan fingerprint density at radius 1 is 0.912 bits per heavy atom. The van der Waals surface area contributed by atoms with Crippen LogP contribution in [0.3, 0.4) is 0 Å². The number of hydrogen-bond donors (Lipinski definition) is 2. The summed E-state index contributed by atoms with van der Waals surface area (Å²) < 4.78 is 5.87. The van der Waals surface area contributed by atoms with Crippen molar-refractivity contribution in [1.29, 1.82) is 0 Å². The highest BCUT2D eigenvalue weighted by Crippen LogP contribution is 2.30. The number of anilines is 1. The van der Waals surface area contributed by atoms with Crippen LogP contribution in [-0.2, 0) is 16.2 Å². The number of amides is 4. The van der Waals surface area contributed by atoms with Gasteiger partial charge < -0.3 is 9.84 Å². The molecule has 172 valence electrons. The lowest BCUT2D eigenvalue weighted by molar-refractivity contribution is -0.122. The third-order valence-corrected chi connectivity index (χ3v) is 5.70. The summed E-state index contributed by atoms with van der Waals surface area (Å²) in [6, 6.07) is 14.2. The summed E-state index contributed by atoms with van der Waals surface area (Å²) in [5.74, 6) is -1.42. The van der Waals surface area contributed by atoms with Crippen molar-refractivity contribution in [3.05, 3.63) is 92.4 Å². The molecule has 1 aliphatic rings. The summed E-state index contributed by atoms with van der Waals surface area (Å²) in [6.07, 6.45) is 1.29. The summed E-state index contributed by atoms with van der Waals surface area (Å²) in [5.41, 5.74) is 0.897. The number of halogens is 3. The number of benzene rings is 3. The number of phenolic OH excluding ortho intramolecular Hbond substituents is 1. The molecule has 0 spiro atoms.